The Hall–Kier alpha value is -0.870. The molecule has 1 fully saturated rings. The number of nitrogens with two attached hydrogens (primary N) is 1. The van der Waals surface area contributed by atoms with Crippen molar-refractivity contribution < 1.29 is 4.74 Å². The van der Waals surface area contributed by atoms with Crippen LogP contribution in [0.3, 0.4) is 0 Å². The monoisotopic (exact) mass is 223 g/mol. The molecule has 2 unspecified atom stereocenters. The molecule has 2 heterocycles. The smallest absolute Gasteiger partial charge is 0.0729 e. The van der Waals surface area contributed by atoms with E-state index in [1.54, 1.807) is 0 Å². The molecule has 4 nitrogen and oxygen atoms in total. The fourth-order valence-electron chi connectivity index (χ4n) is 2.19. The molecule has 1 saturated heterocycles. The van der Waals surface area contributed by atoms with Crippen molar-refractivity contribution in [1.29, 1.82) is 0 Å². The maximum absolute atomic E-state index is 6.17. The number of hydrogen-bond donors (Lipinski definition) is 1. The van der Waals surface area contributed by atoms with Crippen LogP contribution in [0.2, 0.25) is 0 Å². The van der Waals surface area contributed by atoms with Gasteiger partial charge in [0.1, 0.15) is 0 Å². The first-order valence-electron chi connectivity index (χ1n) is 6.18. The third-order valence-corrected chi connectivity index (χ3v) is 3.17. The quantitative estimate of drug-likeness (QED) is 0.838. The molecule has 1 aliphatic heterocycles. The maximum Gasteiger partial charge on any atom is 0.0729 e. The van der Waals surface area contributed by atoms with Crippen LogP contribution in [0.25, 0.3) is 0 Å². The third kappa shape index (κ3) is 2.83. The summed E-state index contributed by atoms with van der Waals surface area (Å²) in [6.45, 7) is 3.86. The van der Waals surface area contributed by atoms with Gasteiger partial charge in [-0.3, -0.25) is 4.68 Å². The highest BCUT2D eigenvalue weighted by molar-refractivity contribution is 5.06. The van der Waals surface area contributed by atoms with Crippen LogP contribution >= 0.6 is 0 Å². The van der Waals surface area contributed by atoms with E-state index in [9.17, 15) is 0 Å². The second-order valence-electron chi connectivity index (χ2n) is 4.48. The summed E-state index contributed by atoms with van der Waals surface area (Å²) in [7, 11) is 0. The first kappa shape index (κ1) is 11.6. The van der Waals surface area contributed by atoms with Crippen molar-refractivity contribution in [3.8, 4) is 0 Å². The summed E-state index contributed by atoms with van der Waals surface area (Å²) in [5, 5.41) is 4.25. The molecule has 4 heteroatoms. The fourth-order valence-corrected chi connectivity index (χ4v) is 2.19. The zero-order valence-electron chi connectivity index (χ0n) is 9.93. The molecule has 0 spiro atoms. The summed E-state index contributed by atoms with van der Waals surface area (Å²) in [6.07, 6.45) is 8.60. The number of hydrogen-bond acceptors (Lipinski definition) is 3. The Kier molecular flexibility index (Phi) is 3.96. The molecule has 2 N–H and O–H groups in total. The van der Waals surface area contributed by atoms with E-state index in [2.05, 4.69) is 18.2 Å². The summed E-state index contributed by atoms with van der Waals surface area (Å²) in [6, 6.07) is 0.106. The molecule has 1 aromatic heterocycles. The minimum absolute atomic E-state index is 0.106. The molecule has 16 heavy (non-hydrogen) atoms. The van der Waals surface area contributed by atoms with Crippen LogP contribution in [0.4, 0.5) is 0 Å². The molecule has 0 aliphatic carbocycles. The molecule has 1 aliphatic rings. The third-order valence-electron chi connectivity index (χ3n) is 3.17. The molecular formula is C12H21N3O. The van der Waals surface area contributed by atoms with Gasteiger partial charge in [0.15, 0.2) is 0 Å². The summed E-state index contributed by atoms with van der Waals surface area (Å²) < 4.78 is 7.63. The molecule has 2 atom stereocenters. The van der Waals surface area contributed by atoms with Crippen molar-refractivity contribution in [1.82, 2.24) is 9.78 Å². The highest BCUT2D eigenvalue weighted by Crippen LogP contribution is 2.17. The fraction of sp³-hybridized carbons (Fsp3) is 0.750. The van der Waals surface area contributed by atoms with Crippen molar-refractivity contribution >= 4 is 0 Å². The van der Waals surface area contributed by atoms with Gasteiger partial charge in [0.25, 0.3) is 0 Å². The zero-order valence-corrected chi connectivity index (χ0v) is 9.93. The van der Waals surface area contributed by atoms with Gasteiger partial charge in [-0.25, -0.2) is 0 Å². The summed E-state index contributed by atoms with van der Waals surface area (Å²) in [4.78, 5) is 0. The Balaban J connectivity index is 1.87. The van der Waals surface area contributed by atoms with Crippen LogP contribution in [0.5, 0.6) is 0 Å². The first-order chi connectivity index (χ1) is 7.79. The Bertz CT molecular complexity index is 318. The molecule has 2 rings (SSSR count). The highest BCUT2D eigenvalue weighted by atomic mass is 16.5. The largest absolute Gasteiger partial charge is 0.377 e. The van der Waals surface area contributed by atoms with Crippen molar-refractivity contribution in [2.45, 2.75) is 51.3 Å². The molecule has 0 radical (unpaired) electrons. The van der Waals surface area contributed by atoms with Crippen molar-refractivity contribution in [2.24, 2.45) is 5.73 Å². The number of rotatable bonds is 4. The van der Waals surface area contributed by atoms with Crippen LogP contribution in [-0.4, -0.2) is 28.5 Å². The van der Waals surface area contributed by atoms with Crippen LogP contribution in [-0.2, 0) is 17.7 Å². The number of aryl methyl sites for hydroxylation is 1. The van der Waals surface area contributed by atoms with Crippen LogP contribution < -0.4 is 5.73 Å². The van der Waals surface area contributed by atoms with Gasteiger partial charge in [-0.1, -0.05) is 0 Å². The van der Waals surface area contributed by atoms with Gasteiger partial charge in [-0.2, -0.15) is 5.10 Å². The average molecular weight is 223 g/mol. The number of ether oxygens (including phenoxy) is 1. The van der Waals surface area contributed by atoms with E-state index in [4.69, 9.17) is 10.5 Å². The summed E-state index contributed by atoms with van der Waals surface area (Å²) >= 11 is 0. The van der Waals surface area contributed by atoms with Crippen molar-refractivity contribution in [2.75, 3.05) is 6.61 Å². The van der Waals surface area contributed by atoms with E-state index in [1.165, 1.54) is 18.4 Å². The lowest BCUT2D eigenvalue weighted by Gasteiger charge is -2.27. The Morgan fingerprint density at radius 2 is 2.50 bits per heavy atom. The van der Waals surface area contributed by atoms with Crippen molar-refractivity contribution in [3.63, 3.8) is 0 Å². The van der Waals surface area contributed by atoms with Crippen molar-refractivity contribution in [3.05, 3.63) is 18.0 Å². The lowest BCUT2D eigenvalue weighted by molar-refractivity contribution is 0.000632. The van der Waals surface area contributed by atoms with Gasteiger partial charge < -0.3 is 10.5 Å². The number of aromatic nitrogens is 2. The second-order valence-corrected chi connectivity index (χ2v) is 4.48. The summed E-state index contributed by atoms with van der Waals surface area (Å²) in [5.74, 6) is 0. The molecule has 0 saturated carbocycles. The Morgan fingerprint density at radius 3 is 3.12 bits per heavy atom. The molecule has 0 bridgehead atoms. The average Bonchev–Trinajstić information content (AvgIpc) is 2.78. The Labute approximate surface area is 96.8 Å². The topological polar surface area (TPSA) is 53.1 Å². The predicted molar refractivity (Wildman–Crippen MR) is 63.2 cm³/mol. The molecule has 90 valence electrons. The van der Waals surface area contributed by atoms with E-state index in [-0.39, 0.29) is 12.1 Å². The van der Waals surface area contributed by atoms with E-state index in [0.29, 0.717) is 0 Å². The predicted octanol–water partition coefficient (Wildman–Crippen LogP) is 1.34. The normalized spacial score (nSPS) is 23.2. The Morgan fingerprint density at radius 1 is 1.62 bits per heavy atom. The van der Waals surface area contributed by atoms with E-state index in [1.807, 2.05) is 10.9 Å². The zero-order chi connectivity index (χ0) is 11.4. The van der Waals surface area contributed by atoms with E-state index in [0.717, 1.165) is 26.0 Å². The van der Waals surface area contributed by atoms with Gasteiger partial charge >= 0.3 is 0 Å². The molecule has 1 aromatic rings. The minimum atomic E-state index is 0.106. The summed E-state index contributed by atoms with van der Waals surface area (Å²) in [5.41, 5.74) is 7.38. The van der Waals surface area contributed by atoms with E-state index >= 15 is 0 Å². The van der Waals surface area contributed by atoms with Gasteiger partial charge in [0.2, 0.25) is 0 Å². The van der Waals surface area contributed by atoms with Gasteiger partial charge in [0.05, 0.1) is 12.3 Å². The SMILES string of the molecule is CCn1cc(CC(N)C2CCCCO2)cn1. The number of nitrogens with zero attached hydrogens (tertiary/aromatic N) is 2. The minimum Gasteiger partial charge on any atom is -0.377 e. The van der Waals surface area contributed by atoms with Gasteiger partial charge in [-0.15, -0.1) is 0 Å². The maximum atomic E-state index is 6.17. The van der Waals surface area contributed by atoms with Gasteiger partial charge in [0, 0.05) is 25.4 Å². The second kappa shape index (κ2) is 5.46. The van der Waals surface area contributed by atoms with Crippen LogP contribution in [0.1, 0.15) is 31.7 Å². The standard InChI is InChI=1S/C12H21N3O/c1-2-15-9-10(8-14-15)7-11(13)12-5-3-4-6-16-12/h8-9,11-12H,2-7,13H2,1H3. The van der Waals surface area contributed by atoms with Crippen LogP contribution in [0, 0.1) is 0 Å². The molecule has 0 amide bonds. The first-order valence-corrected chi connectivity index (χ1v) is 6.18. The highest BCUT2D eigenvalue weighted by Gasteiger charge is 2.21. The van der Waals surface area contributed by atoms with Crippen LogP contribution in [0.15, 0.2) is 12.4 Å². The van der Waals surface area contributed by atoms with Gasteiger partial charge in [-0.05, 0) is 38.2 Å². The lowest BCUT2D eigenvalue weighted by atomic mass is 9.98. The molecular weight excluding hydrogens is 202 g/mol. The van der Waals surface area contributed by atoms with E-state index < -0.39 is 0 Å². The lowest BCUT2D eigenvalue weighted by Crippen LogP contribution is -2.40. The molecule has 0 aromatic carbocycles.